The van der Waals surface area contributed by atoms with Crippen molar-refractivity contribution >= 4 is 5.78 Å². The second kappa shape index (κ2) is 2.86. The summed E-state index contributed by atoms with van der Waals surface area (Å²) >= 11 is 0. The van der Waals surface area contributed by atoms with Crippen LogP contribution in [0.4, 0.5) is 0 Å². The van der Waals surface area contributed by atoms with Crippen LogP contribution < -0.4 is 0 Å². The van der Waals surface area contributed by atoms with E-state index in [0.29, 0.717) is 5.78 Å². The standard InChI is InChI=1S/C11H18O/c1-7(2)11(12)6-10-8-4-3-5-9(8)10/h7-10H,3-6H2,1-2H3/t8-,9+,10?. The average Bonchev–Trinajstić information content (AvgIpc) is 2.46. The zero-order valence-electron chi connectivity index (χ0n) is 8.05. The van der Waals surface area contributed by atoms with Gasteiger partial charge in [0.05, 0.1) is 0 Å². The first-order valence-electron chi connectivity index (χ1n) is 5.23. The topological polar surface area (TPSA) is 17.1 Å². The maximum absolute atomic E-state index is 11.4. The van der Waals surface area contributed by atoms with Gasteiger partial charge in [-0.05, 0) is 30.6 Å². The molecule has 1 heteroatoms. The molecule has 0 saturated heterocycles. The Bertz CT molecular complexity index is 185. The SMILES string of the molecule is CC(C)C(=O)CC1[C@H]2CCC[C@@H]12. The molecule has 12 heavy (non-hydrogen) atoms. The molecule has 3 atom stereocenters. The highest BCUT2D eigenvalue weighted by molar-refractivity contribution is 5.80. The Morgan fingerprint density at radius 1 is 1.33 bits per heavy atom. The third kappa shape index (κ3) is 1.30. The number of carbonyl (C=O) groups excluding carboxylic acids is 1. The summed E-state index contributed by atoms with van der Waals surface area (Å²) in [5.74, 6) is 3.44. The maximum atomic E-state index is 11.4. The Labute approximate surface area is 74.5 Å². The van der Waals surface area contributed by atoms with E-state index in [1.54, 1.807) is 0 Å². The van der Waals surface area contributed by atoms with Crippen LogP contribution in [0.3, 0.4) is 0 Å². The van der Waals surface area contributed by atoms with Gasteiger partial charge in [0.15, 0.2) is 0 Å². The molecule has 0 aromatic heterocycles. The molecule has 1 nitrogen and oxygen atoms in total. The Morgan fingerprint density at radius 2 is 1.92 bits per heavy atom. The van der Waals surface area contributed by atoms with Gasteiger partial charge in [0.2, 0.25) is 0 Å². The molecule has 0 aromatic rings. The molecule has 2 aliphatic rings. The molecule has 0 heterocycles. The van der Waals surface area contributed by atoms with Gasteiger partial charge in [-0.2, -0.15) is 0 Å². The second-order valence-corrected chi connectivity index (χ2v) is 4.75. The summed E-state index contributed by atoms with van der Waals surface area (Å²) in [7, 11) is 0. The molecular weight excluding hydrogens is 148 g/mol. The Hall–Kier alpha value is -0.330. The average molecular weight is 166 g/mol. The van der Waals surface area contributed by atoms with Crippen molar-refractivity contribution in [3.05, 3.63) is 0 Å². The van der Waals surface area contributed by atoms with E-state index in [-0.39, 0.29) is 5.92 Å². The molecule has 0 radical (unpaired) electrons. The van der Waals surface area contributed by atoms with Gasteiger partial charge < -0.3 is 0 Å². The summed E-state index contributed by atoms with van der Waals surface area (Å²) < 4.78 is 0. The van der Waals surface area contributed by atoms with Crippen LogP contribution in [0.1, 0.15) is 39.5 Å². The molecule has 0 amide bonds. The molecule has 0 bridgehead atoms. The molecule has 2 saturated carbocycles. The molecule has 68 valence electrons. The van der Waals surface area contributed by atoms with Gasteiger partial charge in [-0.3, -0.25) is 4.79 Å². The van der Waals surface area contributed by atoms with Crippen molar-refractivity contribution in [3.8, 4) is 0 Å². The third-order valence-corrected chi connectivity index (χ3v) is 3.66. The van der Waals surface area contributed by atoms with Gasteiger partial charge in [0, 0.05) is 12.3 Å². The van der Waals surface area contributed by atoms with Crippen LogP contribution in [0.2, 0.25) is 0 Å². The van der Waals surface area contributed by atoms with E-state index in [9.17, 15) is 4.79 Å². The lowest BCUT2D eigenvalue weighted by atomic mass is 10.00. The van der Waals surface area contributed by atoms with Gasteiger partial charge in [-0.15, -0.1) is 0 Å². The number of fused-ring (bicyclic) bond motifs is 1. The van der Waals surface area contributed by atoms with E-state index < -0.39 is 0 Å². The maximum Gasteiger partial charge on any atom is 0.135 e. The van der Waals surface area contributed by atoms with Crippen molar-refractivity contribution in [1.82, 2.24) is 0 Å². The number of hydrogen-bond acceptors (Lipinski definition) is 1. The molecule has 1 unspecified atom stereocenters. The van der Waals surface area contributed by atoms with Crippen molar-refractivity contribution in [1.29, 1.82) is 0 Å². The van der Waals surface area contributed by atoms with Crippen molar-refractivity contribution < 1.29 is 4.79 Å². The molecule has 0 aliphatic heterocycles. The minimum Gasteiger partial charge on any atom is -0.299 e. The Morgan fingerprint density at radius 3 is 2.42 bits per heavy atom. The lowest BCUT2D eigenvalue weighted by molar-refractivity contribution is -0.122. The van der Waals surface area contributed by atoms with E-state index in [4.69, 9.17) is 0 Å². The second-order valence-electron chi connectivity index (χ2n) is 4.75. The predicted molar refractivity (Wildman–Crippen MR) is 48.8 cm³/mol. The lowest BCUT2D eigenvalue weighted by Crippen LogP contribution is -2.08. The van der Waals surface area contributed by atoms with Crippen LogP contribution in [-0.4, -0.2) is 5.78 Å². The highest BCUT2D eigenvalue weighted by Gasteiger charge is 2.52. The summed E-state index contributed by atoms with van der Waals surface area (Å²) in [5.41, 5.74) is 0. The molecule has 2 aliphatic carbocycles. The first-order chi connectivity index (χ1) is 5.70. The number of Topliss-reactive ketones (excluding diaryl/α,β-unsaturated/α-hetero) is 1. The minimum atomic E-state index is 0.256. The van der Waals surface area contributed by atoms with Gasteiger partial charge in [-0.1, -0.05) is 20.3 Å². The molecule has 2 rings (SSSR count). The summed E-state index contributed by atoms with van der Waals surface area (Å²) in [6, 6.07) is 0. The highest BCUT2D eigenvalue weighted by Crippen LogP contribution is 2.59. The molecule has 0 N–H and O–H groups in total. The van der Waals surface area contributed by atoms with Crippen LogP contribution in [-0.2, 0) is 4.79 Å². The zero-order chi connectivity index (χ0) is 8.72. The smallest absolute Gasteiger partial charge is 0.135 e. The zero-order valence-corrected chi connectivity index (χ0v) is 8.05. The van der Waals surface area contributed by atoms with E-state index in [1.807, 2.05) is 13.8 Å². The Kier molecular flexibility index (Phi) is 1.97. The Balaban J connectivity index is 1.79. The van der Waals surface area contributed by atoms with Gasteiger partial charge >= 0.3 is 0 Å². The lowest BCUT2D eigenvalue weighted by Gasteiger charge is -2.04. The van der Waals surface area contributed by atoms with Gasteiger partial charge in [0.1, 0.15) is 5.78 Å². The normalized spacial score (nSPS) is 38.4. The van der Waals surface area contributed by atoms with Crippen LogP contribution in [0.25, 0.3) is 0 Å². The van der Waals surface area contributed by atoms with Crippen molar-refractivity contribution in [2.24, 2.45) is 23.7 Å². The number of rotatable bonds is 3. The van der Waals surface area contributed by atoms with Crippen LogP contribution >= 0.6 is 0 Å². The van der Waals surface area contributed by atoms with E-state index in [0.717, 1.165) is 24.2 Å². The largest absolute Gasteiger partial charge is 0.299 e. The van der Waals surface area contributed by atoms with Crippen molar-refractivity contribution in [3.63, 3.8) is 0 Å². The fourth-order valence-corrected chi connectivity index (χ4v) is 2.74. The molecular formula is C11H18O. The number of hydrogen-bond donors (Lipinski definition) is 0. The van der Waals surface area contributed by atoms with E-state index in [1.165, 1.54) is 19.3 Å². The summed E-state index contributed by atoms with van der Waals surface area (Å²) in [4.78, 5) is 11.4. The predicted octanol–water partition coefficient (Wildman–Crippen LogP) is 2.65. The highest BCUT2D eigenvalue weighted by atomic mass is 16.1. The van der Waals surface area contributed by atoms with E-state index in [2.05, 4.69) is 0 Å². The van der Waals surface area contributed by atoms with Crippen LogP contribution in [0.5, 0.6) is 0 Å². The summed E-state index contributed by atoms with van der Waals surface area (Å²) in [5, 5.41) is 0. The van der Waals surface area contributed by atoms with Gasteiger partial charge in [-0.25, -0.2) is 0 Å². The first kappa shape index (κ1) is 8.28. The molecule has 0 aromatic carbocycles. The number of carbonyl (C=O) groups is 1. The summed E-state index contributed by atoms with van der Waals surface area (Å²) in [6.45, 7) is 4.03. The fraction of sp³-hybridized carbons (Fsp3) is 0.909. The quantitative estimate of drug-likeness (QED) is 0.630. The monoisotopic (exact) mass is 166 g/mol. The van der Waals surface area contributed by atoms with E-state index >= 15 is 0 Å². The van der Waals surface area contributed by atoms with Crippen molar-refractivity contribution in [2.45, 2.75) is 39.5 Å². The van der Waals surface area contributed by atoms with Crippen LogP contribution in [0, 0.1) is 23.7 Å². The first-order valence-corrected chi connectivity index (χ1v) is 5.23. The van der Waals surface area contributed by atoms with Gasteiger partial charge in [0.25, 0.3) is 0 Å². The van der Waals surface area contributed by atoms with Crippen LogP contribution in [0.15, 0.2) is 0 Å². The minimum absolute atomic E-state index is 0.256. The third-order valence-electron chi connectivity index (χ3n) is 3.66. The molecule has 2 fully saturated rings. The summed E-state index contributed by atoms with van der Waals surface area (Å²) in [6.07, 6.45) is 5.11. The fourth-order valence-electron chi connectivity index (χ4n) is 2.74. The molecule has 0 spiro atoms. The number of ketones is 1. The van der Waals surface area contributed by atoms with Crippen molar-refractivity contribution in [2.75, 3.05) is 0 Å².